The topological polar surface area (TPSA) is 8.17 Å². The average molecular weight is 689 g/mol. The van der Waals surface area contributed by atoms with Gasteiger partial charge in [-0.05, 0) is 111 Å². The Morgan fingerprint density at radius 1 is 0.296 bits per heavy atom. The number of fused-ring (bicyclic) bond motifs is 4. The van der Waals surface area contributed by atoms with Crippen LogP contribution in [-0.4, -0.2) is 4.57 Å². The Morgan fingerprint density at radius 3 is 1.52 bits per heavy atom. The minimum Gasteiger partial charge on any atom is -0.310 e. The monoisotopic (exact) mass is 688 g/mol. The van der Waals surface area contributed by atoms with Gasteiger partial charge in [0.05, 0.1) is 11.0 Å². The zero-order chi connectivity index (χ0) is 35.8. The summed E-state index contributed by atoms with van der Waals surface area (Å²) >= 11 is 0. The van der Waals surface area contributed by atoms with Gasteiger partial charge in [0.2, 0.25) is 0 Å². The van der Waals surface area contributed by atoms with Gasteiger partial charge in [0.15, 0.2) is 0 Å². The fraction of sp³-hybridized carbons (Fsp3) is 0. The van der Waals surface area contributed by atoms with Crippen molar-refractivity contribution in [1.82, 2.24) is 4.57 Å². The predicted molar refractivity (Wildman–Crippen MR) is 229 cm³/mol. The van der Waals surface area contributed by atoms with Gasteiger partial charge < -0.3 is 9.47 Å². The Balaban J connectivity index is 1.06. The van der Waals surface area contributed by atoms with Gasteiger partial charge >= 0.3 is 0 Å². The molecule has 0 saturated carbocycles. The van der Waals surface area contributed by atoms with Crippen molar-refractivity contribution >= 4 is 49.6 Å². The maximum absolute atomic E-state index is 2.37. The first-order valence-electron chi connectivity index (χ1n) is 18.5. The van der Waals surface area contributed by atoms with E-state index in [4.69, 9.17) is 0 Å². The van der Waals surface area contributed by atoms with Crippen molar-refractivity contribution in [2.24, 2.45) is 0 Å². The van der Waals surface area contributed by atoms with Gasteiger partial charge in [-0.3, -0.25) is 0 Å². The highest BCUT2D eigenvalue weighted by atomic mass is 15.1. The van der Waals surface area contributed by atoms with E-state index in [0.717, 1.165) is 22.7 Å². The molecule has 0 saturated heterocycles. The number of rotatable bonds is 7. The van der Waals surface area contributed by atoms with E-state index in [9.17, 15) is 0 Å². The van der Waals surface area contributed by atoms with Crippen LogP contribution in [0.25, 0.3) is 71.6 Å². The van der Waals surface area contributed by atoms with Crippen molar-refractivity contribution < 1.29 is 0 Å². The number of hydrogen-bond donors (Lipinski definition) is 0. The van der Waals surface area contributed by atoms with E-state index in [1.54, 1.807) is 0 Å². The highest BCUT2D eigenvalue weighted by molar-refractivity contribution is 6.09. The molecule has 2 heteroatoms. The molecule has 0 unspecified atom stereocenters. The van der Waals surface area contributed by atoms with Crippen LogP contribution in [-0.2, 0) is 0 Å². The van der Waals surface area contributed by atoms with Gasteiger partial charge in [0.25, 0.3) is 0 Å². The van der Waals surface area contributed by atoms with Crippen LogP contribution in [0.15, 0.2) is 218 Å². The minimum atomic E-state index is 1.10. The second-order valence-electron chi connectivity index (χ2n) is 13.8. The van der Waals surface area contributed by atoms with Crippen LogP contribution in [0.1, 0.15) is 0 Å². The van der Waals surface area contributed by atoms with Gasteiger partial charge in [0.1, 0.15) is 0 Å². The molecular weight excluding hydrogens is 653 g/mol. The van der Waals surface area contributed by atoms with Gasteiger partial charge in [-0.25, -0.2) is 0 Å². The first-order valence-corrected chi connectivity index (χ1v) is 18.5. The third-order valence-electron chi connectivity index (χ3n) is 10.6. The average Bonchev–Trinajstić information content (AvgIpc) is 3.59. The van der Waals surface area contributed by atoms with E-state index in [-0.39, 0.29) is 0 Å². The molecule has 0 spiro atoms. The number of para-hydroxylation sites is 3. The second-order valence-corrected chi connectivity index (χ2v) is 13.8. The number of benzene rings is 9. The van der Waals surface area contributed by atoms with Crippen molar-refractivity contribution in [1.29, 1.82) is 0 Å². The van der Waals surface area contributed by atoms with Crippen LogP contribution in [0.4, 0.5) is 17.1 Å². The second kappa shape index (κ2) is 13.4. The molecule has 2 nitrogen and oxygen atoms in total. The third kappa shape index (κ3) is 5.62. The Bertz CT molecular complexity index is 2850. The third-order valence-corrected chi connectivity index (χ3v) is 10.6. The number of aromatic nitrogens is 1. The van der Waals surface area contributed by atoms with Crippen LogP contribution >= 0.6 is 0 Å². The van der Waals surface area contributed by atoms with Crippen LogP contribution < -0.4 is 4.90 Å². The summed E-state index contributed by atoms with van der Waals surface area (Å²) in [5.74, 6) is 0. The molecule has 0 amide bonds. The molecule has 0 aliphatic rings. The molecule has 0 bridgehead atoms. The lowest BCUT2D eigenvalue weighted by atomic mass is 9.93. The van der Waals surface area contributed by atoms with Crippen molar-refractivity contribution in [3.05, 3.63) is 218 Å². The van der Waals surface area contributed by atoms with Crippen LogP contribution in [0, 0.1) is 0 Å². The van der Waals surface area contributed by atoms with Gasteiger partial charge in [-0.15, -0.1) is 0 Å². The first-order chi connectivity index (χ1) is 26.8. The van der Waals surface area contributed by atoms with E-state index in [1.165, 1.54) is 66.0 Å². The summed E-state index contributed by atoms with van der Waals surface area (Å²) in [6.07, 6.45) is 0. The molecule has 0 fully saturated rings. The Labute approximate surface area is 315 Å². The Kier molecular flexibility index (Phi) is 7.85. The smallest absolute Gasteiger partial charge is 0.0541 e. The number of hydrogen-bond acceptors (Lipinski definition) is 1. The van der Waals surface area contributed by atoms with Crippen molar-refractivity contribution in [2.75, 3.05) is 4.90 Å². The van der Waals surface area contributed by atoms with Crippen molar-refractivity contribution in [3.8, 4) is 39.1 Å². The number of nitrogens with zero attached hydrogens (tertiary/aromatic N) is 2. The van der Waals surface area contributed by atoms with E-state index < -0.39 is 0 Å². The molecule has 1 heterocycles. The van der Waals surface area contributed by atoms with Gasteiger partial charge in [0, 0.05) is 33.5 Å². The van der Waals surface area contributed by atoms with E-state index >= 15 is 0 Å². The quantitative estimate of drug-likeness (QED) is 0.162. The zero-order valence-electron chi connectivity index (χ0n) is 29.7. The molecular formula is C52H36N2. The fourth-order valence-corrected chi connectivity index (χ4v) is 7.97. The van der Waals surface area contributed by atoms with Crippen molar-refractivity contribution in [3.63, 3.8) is 0 Å². The molecule has 10 aromatic rings. The summed E-state index contributed by atoms with van der Waals surface area (Å²) in [4.78, 5) is 2.35. The van der Waals surface area contributed by atoms with Crippen molar-refractivity contribution in [2.45, 2.75) is 0 Å². The first kappa shape index (κ1) is 31.6. The summed E-state index contributed by atoms with van der Waals surface area (Å²) in [6.45, 7) is 0. The molecule has 0 atom stereocenters. The lowest BCUT2D eigenvalue weighted by molar-refractivity contribution is 1.18. The lowest BCUT2D eigenvalue weighted by Gasteiger charge is -2.27. The van der Waals surface area contributed by atoms with E-state index in [2.05, 4.69) is 228 Å². The number of anilines is 3. The minimum absolute atomic E-state index is 1.10. The summed E-state index contributed by atoms with van der Waals surface area (Å²) in [6, 6.07) is 78.9. The lowest BCUT2D eigenvalue weighted by Crippen LogP contribution is -2.10. The Hall–Kier alpha value is -7.16. The fourth-order valence-electron chi connectivity index (χ4n) is 7.97. The van der Waals surface area contributed by atoms with E-state index in [1.807, 2.05) is 0 Å². The predicted octanol–water partition coefficient (Wildman–Crippen LogP) is 14.4. The maximum atomic E-state index is 2.37. The highest BCUT2D eigenvalue weighted by Gasteiger charge is 2.17. The standard InChI is InChI=1S/C52H36N2/c1-3-14-39(15-4-1)50-36-46(33-34-47(50)40-27-31-45(32-28-40)54-51-21-11-9-19-48(51)49-20-10-12-22-52(49)54)53(43-17-5-2-6-18-43)44-29-25-38(26-30-44)42-24-23-37-13-7-8-16-41(37)35-42/h1-36H. The summed E-state index contributed by atoms with van der Waals surface area (Å²) in [5.41, 5.74) is 14.0. The molecule has 254 valence electrons. The van der Waals surface area contributed by atoms with Crippen LogP contribution in [0.3, 0.4) is 0 Å². The van der Waals surface area contributed by atoms with Gasteiger partial charge in [-0.2, -0.15) is 0 Å². The zero-order valence-corrected chi connectivity index (χ0v) is 29.7. The molecule has 10 rings (SSSR count). The van der Waals surface area contributed by atoms with Crippen LogP contribution in [0.5, 0.6) is 0 Å². The largest absolute Gasteiger partial charge is 0.310 e. The molecule has 54 heavy (non-hydrogen) atoms. The molecule has 9 aromatic carbocycles. The molecule has 0 aliphatic heterocycles. The summed E-state index contributed by atoms with van der Waals surface area (Å²) < 4.78 is 2.37. The molecule has 1 aromatic heterocycles. The normalized spacial score (nSPS) is 11.3. The SMILES string of the molecule is c1ccc(-c2cc(N(c3ccccc3)c3ccc(-c4ccc5ccccc5c4)cc3)ccc2-c2ccc(-n3c4ccccc4c4ccccc43)cc2)cc1. The summed E-state index contributed by atoms with van der Waals surface area (Å²) in [5, 5.41) is 5.04. The van der Waals surface area contributed by atoms with Crippen LogP contribution in [0.2, 0.25) is 0 Å². The summed E-state index contributed by atoms with van der Waals surface area (Å²) in [7, 11) is 0. The van der Waals surface area contributed by atoms with Gasteiger partial charge in [-0.1, -0.05) is 152 Å². The van der Waals surface area contributed by atoms with E-state index in [0.29, 0.717) is 0 Å². The molecule has 0 radical (unpaired) electrons. The Morgan fingerprint density at radius 2 is 0.815 bits per heavy atom. The molecule has 0 N–H and O–H groups in total. The maximum Gasteiger partial charge on any atom is 0.0541 e. The molecule has 0 aliphatic carbocycles. The highest BCUT2D eigenvalue weighted by Crippen LogP contribution is 2.42.